The van der Waals surface area contributed by atoms with E-state index in [9.17, 15) is 38.5 Å². The zero-order valence-corrected chi connectivity index (χ0v) is 14.9. The Morgan fingerprint density at radius 1 is 1.08 bits per heavy atom. The predicted molar refractivity (Wildman–Crippen MR) is 84.9 cm³/mol. The topological polar surface area (TPSA) is 162 Å². The molecule has 4 N–H and O–H groups in total. The van der Waals surface area contributed by atoms with Crippen LogP contribution in [0.3, 0.4) is 0 Å². The summed E-state index contributed by atoms with van der Waals surface area (Å²) in [6.07, 6.45) is -1.17. The Morgan fingerprint density at radius 3 is 1.96 bits per heavy atom. The second-order valence-electron chi connectivity index (χ2n) is 5.43. The van der Waals surface area contributed by atoms with E-state index in [1.165, 1.54) is 12.1 Å². The van der Waals surface area contributed by atoms with Crippen molar-refractivity contribution < 1.29 is 43.0 Å². The van der Waals surface area contributed by atoms with E-state index in [2.05, 4.69) is 4.52 Å². The number of rotatable bonds is 7. The van der Waals surface area contributed by atoms with Gasteiger partial charge in [0.15, 0.2) is 0 Å². The van der Waals surface area contributed by atoms with Crippen LogP contribution in [0.1, 0.15) is 33.6 Å². The normalized spacial score (nSPS) is 19.5. The molecule has 1 aliphatic rings. The van der Waals surface area contributed by atoms with Gasteiger partial charge in [-0.2, -0.15) is 0 Å². The van der Waals surface area contributed by atoms with Crippen molar-refractivity contribution in [3.63, 3.8) is 0 Å². The molecule has 10 nitrogen and oxygen atoms in total. The predicted octanol–water partition coefficient (Wildman–Crippen LogP) is 0.718. The molecule has 25 heavy (non-hydrogen) atoms. The minimum absolute atomic E-state index is 0.197. The molecule has 0 saturated carbocycles. The van der Waals surface area contributed by atoms with Crippen LogP contribution in [0.4, 0.5) is 0 Å². The number of hydrogen-bond donors (Lipinski definition) is 4. The molecule has 2 unspecified atom stereocenters. The number of hydrogen-bond acceptors (Lipinski definition) is 6. The Labute approximate surface area is 142 Å². The molecule has 138 valence electrons. The molecule has 2 amide bonds. The lowest BCUT2D eigenvalue weighted by atomic mass is 10.1. The Balaban J connectivity index is 2.15. The van der Waals surface area contributed by atoms with Gasteiger partial charge in [-0.3, -0.25) is 23.6 Å². The van der Waals surface area contributed by atoms with Crippen LogP contribution in [0.25, 0.3) is 0 Å². The molecule has 2 atom stereocenters. The Hall–Kier alpha value is -1.38. The van der Waals surface area contributed by atoms with Crippen molar-refractivity contribution in [1.29, 1.82) is 0 Å². The van der Waals surface area contributed by atoms with Crippen molar-refractivity contribution in [1.82, 2.24) is 4.90 Å². The summed E-state index contributed by atoms with van der Waals surface area (Å²) in [5, 5.41) is 6.74. The Kier molecular flexibility index (Phi) is 5.37. The highest BCUT2D eigenvalue weighted by atomic mass is 31.2. The molecule has 0 radical (unpaired) electrons. The summed E-state index contributed by atoms with van der Waals surface area (Å²) in [5.74, 6) is -1.17. The van der Waals surface area contributed by atoms with Gasteiger partial charge in [0, 0.05) is 20.1 Å². The van der Waals surface area contributed by atoms with Gasteiger partial charge in [-0.15, -0.1) is 0 Å². The summed E-state index contributed by atoms with van der Waals surface area (Å²) >= 11 is 0. The first-order chi connectivity index (χ1) is 11.5. The van der Waals surface area contributed by atoms with E-state index in [1.54, 1.807) is 12.1 Å². The van der Waals surface area contributed by atoms with Crippen molar-refractivity contribution in [3.05, 3.63) is 35.4 Å². The number of nitrogens with zero attached hydrogens (tertiary/aromatic N) is 1. The largest absolute Gasteiger partial charge is 0.371 e. The second-order valence-corrected chi connectivity index (χ2v) is 9.76. The van der Waals surface area contributed by atoms with Crippen LogP contribution in [0.15, 0.2) is 24.3 Å². The van der Waals surface area contributed by atoms with E-state index in [4.69, 9.17) is 0 Å². The van der Waals surface area contributed by atoms with Gasteiger partial charge in [-0.05, 0) is 18.6 Å². The van der Waals surface area contributed by atoms with Crippen molar-refractivity contribution in [2.75, 3.05) is 13.7 Å². The summed E-state index contributed by atoms with van der Waals surface area (Å²) in [7, 11) is -9.78. The SMILES string of the molecule is COP(=O)(O)C(O)(CCCN1C(=O)c2ccccc2C1=O)P(=O)(O)O. The maximum Gasteiger partial charge on any atom is 0.371 e. The minimum Gasteiger partial charge on any atom is -0.368 e. The third kappa shape index (κ3) is 3.35. The molecule has 0 bridgehead atoms. The third-order valence-corrected chi connectivity index (χ3v) is 8.26. The number of imide groups is 1. The van der Waals surface area contributed by atoms with Crippen LogP contribution < -0.4 is 0 Å². The van der Waals surface area contributed by atoms with Gasteiger partial charge in [0.1, 0.15) is 0 Å². The minimum atomic E-state index is -5.45. The lowest BCUT2D eigenvalue weighted by molar-refractivity contribution is 0.0638. The van der Waals surface area contributed by atoms with Crippen molar-refractivity contribution in [3.8, 4) is 0 Å². The highest BCUT2D eigenvalue weighted by Crippen LogP contribution is 2.71. The van der Waals surface area contributed by atoms with Crippen LogP contribution >= 0.6 is 15.2 Å². The molecular weight excluding hydrogens is 376 g/mol. The van der Waals surface area contributed by atoms with Crippen LogP contribution in [0.5, 0.6) is 0 Å². The molecule has 0 fully saturated rings. The monoisotopic (exact) mass is 393 g/mol. The summed E-state index contributed by atoms with van der Waals surface area (Å²) < 4.78 is 27.5. The average molecular weight is 393 g/mol. The van der Waals surface area contributed by atoms with E-state index in [0.29, 0.717) is 0 Å². The standard InChI is InChI=1S/C13H17NO9P2/c1-23-25(21,22)13(17,24(18,19)20)7-4-8-14-11(15)9-5-2-3-6-10(9)12(14)16/h2-3,5-6,17H,4,7-8H2,1H3,(H,21,22)(H2,18,19,20). The molecule has 2 rings (SSSR count). The van der Waals surface area contributed by atoms with Crippen molar-refractivity contribution in [2.45, 2.75) is 17.9 Å². The first kappa shape index (κ1) is 19.9. The average Bonchev–Trinajstić information content (AvgIpc) is 2.78. The highest BCUT2D eigenvalue weighted by molar-refractivity contribution is 7.72. The van der Waals surface area contributed by atoms with E-state index >= 15 is 0 Å². The third-order valence-electron chi connectivity index (χ3n) is 3.94. The van der Waals surface area contributed by atoms with Crippen LogP contribution in [0.2, 0.25) is 0 Å². The van der Waals surface area contributed by atoms with Gasteiger partial charge >= 0.3 is 15.2 Å². The molecule has 1 aliphatic heterocycles. The lowest BCUT2D eigenvalue weighted by Gasteiger charge is -2.31. The molecule has 0 saturated heterocycles. The smallest absolute Gasteiger partial charge is 0.368 e. The lowest BCUT2D eigenvalue weighted by Crippen LogP contribution is -2.34. The van der Waals surface area contributed by atoms with E-state index in [0.717, 1.165) is 12.0 Å². The van der Waals surface area contributed by atoms with E-state index in [-0.39, 0.29) is 24.1 Å². The molecule has 0 spiro atoms. The van der Waals surface area contributed by atoms with Crippen molar-refractivity contribution in [2.24, 2.45) is 0 Å². The number of carbonyl (C=O) groups excluding carboxylic acids is 2. The number of aliphatic hydroxyl groups is 1. The zero-order valence-electron chi connectivity index (χ0n) is 13.1. The van der Waals surface area contributed by atoms with E-state index in [1.807, 2.05) is 0 Å². The quantitative estimate of drug-likeness (QED) is 0.386. The summed E-state index contributed by atoms with van der Waals surface area (Å²) in [5.41, 5.74) is 0.393. The molecule has 1 aromatic rings. The summed E-state index contributed by atoms with van der Waals surface area (Å²) in [6.45, 7) is -0.293. The molecule has 0 aliphatic carbocycles. The van der Waals surface area contributed by atoms with Gasteiger partial charge < -0.3 is 24.3 Å². The maximum atomic E-state index is 12.2. The number of amides is 2. The van der Waals surface area contributed by atoms with Crippen molar-refractivity contribution >= 4 is 27.0 Å². The highest BCUT2D eigenvalue weighted by Gasteiger charge is 2.60. The fourth-order valence-corrected chi connectivity index (χ4v) is 5.26. The second kappa shape index (κ2) is 6.74. The van der Waals surface area contributed by atoms with Gasteiger partial charge in [-0.1, -0.05) is 12.1 Å². The van der Waals surface area contributed by atoms with Crippen LogP contribution in [-0.2, 0) is 13.7 Å². The summed E-state index contributed by atoms with van der Waals surface area (Å²) in [6, 6.07) is 6.10. The van der Waals surface area contributed by atoms with Gasteiger partial charge in [0.25, 0.3) is 16.9 Å². The zero-order chi connectivity index (χ0) is 19.0. The Morgan fingerprint density at radius 2 is 1.56 bits per heavy atom. The molecule has 1 aromatic carbocycles. The van der Waals surface area contributed by atoms with Gasteiger partial charge in [0.2, 0.25) is 0 Å². The Bertz CT molecular complexity index is 769. The van der Waals surface area contributed by atoms with E-state index < -0.39 is 38.5 Å². The number of carbonyl (C=O) groups is 2. The van der Waals surface area contributed by atoms with Crippen LogP contribution in [-0.4, -0.2) is 55.2 Å². The molecule has 0 aromatic heterocycles. The first-order valence-electron chi connectivity index (χ1n) is 7.08. The fraction of sp³-hybridized carbons (Fsp3) is 0.385. The molecule has 12 heteroatoms. The van der Waals surface area contributed by atoms with Crippen LogP contribution in [0, 0.1) is 0 Å². The number of benzene rings is 1. The number of fused-ring (bicyclic) bond motifs is 1. The first-order valence-corrected chi connectivity index (χ1v) is 10.3. The van der Waals surface area contributed by atoms with Gasteiger partial charge in [0.05, 0.1) is 11.1 Å². The fourth-order valence-electron chi connectivity index (χ4n) is 2.51. The molecule has 1 heterocycles. The molecular formula is C13H17NO9P2. The summed E-state index contributed by atoms with van der Waals surface area (Å²) in [4.78, 5) is 53.2. The van der Waals surface area contributed by atoms with Gasteiger partial charge in [-0.25, -0.2) is 0 Å². The maximum absolute atomic E-state index is 12.2.